The van der Waals surface area contributed by atoms with Gasteiger partial charge in [0.05, 0.1) is 9.95 Å². The van der Waals surface area contributed by atoms with Gasteiger partial charge in [0.15, 0.2) is 0 Å². The minimum Gasteiger partial charge on any atom is -0.480 e. The van der Waals surface area contributed by atoms with E-state index in [9.17, 15) is 28.4 Å². The van der Waals surface area contributed by atoms with Gasteiger partial charge in [0.2, 0.25) is 10.0 Å². The van der Waals surface area contributed by atoms with E-state index >= 15 is 0 Å². The van der Waals surface area contributed by atoms with Crippen LogP contribution in [-0.4, -0.2) is 30.5 Å². The van der Waals surface area contributed by atoms with Crippen LogP contribution in [0.15, 0.2) is 53.4 Å². The molecule has 8 nitrogen and oxygen atoms in total. The SMILES string of the molecule is O=C(O)[C@@H](Cc1ccccc1)NS(=O)(=O)c1ccc([N+](=O)[O-])cc1Cl. The molecule has 0 saturated carbocycles. The van der Waals surface area contributed by atoms with E-state index in [2.05, 4.69) is 4.72 Å². The maximum atomic E-state index is 12.4. The van der Waals surface area contributed by atoms with Crippen LogP contribution in [0.1, 0.15) is 5.56 Å². The molecule has 0 heterocycles. The number of sulfonamides is 1. The third-order valence-electron chi connectivity index (χ3n) is 3.29. The Morgan fingerprint density at radius 2 is 1.88 bits per heavy atom. The minimum atomic E-state index is -4.28. The van der Waals surface area contributed by atoms with E-state index < -0.39 is 31.9 Å². The van der Waals surface area contributed by atoms with Crippen molar-refractivity contribution in [1.29, 1.82) is 0 Å². The van der Waals surface area contributed by atoms with Gasteiger partial charge in [-0.05, 0) is 18.1 Å². The van der Waals surface area contributed by atoms with Crippen LogP contribution in [-0.2, 0) is 21.2 Å². The van der Waals surface area contributed by atoms with Crippen molar-refractivity contribution in [3.63, 3.8) is 0 Å². The summed E-state index contributed by atoms with van der Waals surface area (Å²) in [6, 6.07) is 9.91. The van der Waals surface area contributed by atoms with Crippen molar-refractivity contribution in [2.24, 2.45) is 0 Å². The molecule has 0 aliphatic carbocycles. The Kier molecular flexibility index (Phi) is 5.73. The summed E-state index contributed by atoms with van der Waals surface area (Å²) < 4.78 is 26.9. The van der Waals surface area contributed by atoms with E-state index in [1.165, 1.54) is 0 Å². The third-order valence-corrected chi connectivity index (χ3v) is 5.25. The zero-order valence-corrected chi connectivity index (χ0v) is 14.2. The molecule has 2 rings (SSSR count). The summed E-state index contributed by atoms with van der Waals surface area (Å²) in [6.45, 7) is 0. The second-order valence-corrected chi connectivity index (χ2v) is 7.16. The molecule has 0 spiro atoms. The maximum absolute atomic E-state index is 12.4. The zero-order valence-electron chi connectivity index (χ0n) is 12.6. The molecule has 2 aromatic carbocycles. The van der Waals surface area contributed by atoms with Crippen LogP contribution in [0, 0.1) is 10.1 Å². The van der Waals surface area contributed by atoms with Gasteiger partial charge < -0.3 is 5.11 Å². The standard InChI is InChI=1S/C15H13ClN2O6S/c16-12-9-11(18(21)22)6-7-14(12)25(23,24)17-13(15(19)20)8-10-4-2-1-3-5-10/h1-7,9,13,17H,8H2,(H,19,20)/t13-/m1/s1. The summed E-state index contributed by atoms with van der Waals surface area (Å²) in [5.74, 6) is -1.36. The number of non-ortho nitro benzene ring substituents is 1. The fraction of sp³-hybridized carbons (Fsp3) is 0.133. The van der Waals surface area contributed by atoms with Crippen molar-refractivity contribution in [1.82, 2.24) is 4.72 Å². The molecule has 0 unspecified atom stereocenters. The summed E-state index contributed by atoms with van der Waals surface area (Å²) in [7, 11) is -4.28. The summed E-state index contributed by atoms with van der Waals surface area (Å²) in [5, 5.41) is 19.6. The van der Waals surface area contributed by atoms with Crippen LogP contribution in [0.5, 0.6) is 0 Å². The highest BCUT2D eigenvalue weighted by molar-refractivity contribution is 7.89. The summed E-state index contributed by atoms with van der Waals surface area (Å²) in [6.07, 6.45) is -0.0694. The number of carboxylic acid groups (broad SMARTS) is 1. The van der Waals surface area contributed by atoms with Crippen molar-refractivity contribution in [2.45, 2.75) is 17.4 Å². The molecule has 25 heavy (non-hydrogen) atoms. The van der Waals surface area contributed by atoms with Gasteiger partial charge in [-0.1, -0.05) is 41.9 Å². The van der Waals surface area contributed by atoms with Gasteiger partial charge in [-0.15, -0.1) is 0 Å². The average molecular weight is 385 g/mol. The number of rotatable bonds is 7. The molecule has 2 N–H and O–H groups in total. The van der Waals surface area contributed by atoms with Crippen LogP contribution in [0.3, 0.4) is 0 Å². The second kappa shape index (κ2) is 7.60. The lowest BCUT2D eigenvalue weighted by molar-refractivity contribution is -0.384. The van der Waals surface area contributed by atoms with E-state index in [4.69, 9.17) is 11.6 Å². The molecule has 0 saturated heterocycles. The Hall–Kier alpha value is -2.49. The highest BCUT2D eigenvalue weighted by atomic mass is 35.5. The number of nitrogens with one attached hydrogen (secondary N) is 1. The number of nitro benzene ring substituents is 1. The van der Waals surface area contributed by atoms with E-state index in [-0.39, 0.29) is 17.1 Å². The predicted molar refractivity (Wildman–Crippen MR) is 90.0 cm³/mol. The van der Waals surface area contributed by atoms with Crippen molar-refractivity contribution in [3.8, 4) is 0 Å². The first-order valence-corrected chi connectivity index (χ1v) is 8.80. The van der Waals surface area contributed by atoms with Gasteiger partial charge in [0.25, 0.3) is 5.69 Å². The molecule has 132 valence electrons. The van der Waals surface area contributed by atoms with Crippen LogP contribution in [0.4, 0.5) is 5.69 Å². The molecule has 1 atom stereocenters. The van der Waals surface area contributed by atoms with Gasteiger partial charge in [-0.3, -0.25) is 14.9 Å². The van der Waals surface area contributed by atoms with Gasteiger partial charge in [0.1, 0.15) is 10.9 Å². The monoisotopic (exact) mass is 384 g/mol. The first kappa shape index (κ1) is 18.8. The largest absolute Gasteiger partial charge is 0.480 e. The van der Waals surface area contributed by atoms with Crippen molar-refractivity contribution < 1.29 is 23.2 Å². The number of carboxylic acids is 1. The van der Waals surface area contributed by atoms with Gasteiger partial charge in [-0.2, -0.15) is 4.72 Å². The van der Waals surface area contributed by atoms with E-state index in [1.807, 2.05) is 0 Å². The highest BCUT2D eigenvalue weighted by Crippen LogP contribution is 2.26. The van der Waals surface area contributed by atoms with Crippen molar-refractivity contribution in [3.05, 3.63) is 69.2 Å². The van der Waals surface area contributed by atoms with E-state index in [0.717, 1.165) is 18.2 Å². The topological polar surface area (TPSA) is 127 Å². The van der Waals surface area contributed by atoms with Crippen LogP contribution < -0.4 is 4.72 Å². The molecular weight excluding hydrogens is 372 g/mol. The van der Waals surface area contributed by atoms with Crippen molar-refractivity contribution in [2.75, 3.05) is 0 Å². The predicted octanol–water partition coefficient (Wildman–Crippen LogP) is 2.22. The molecule has 0 amide bonds. The molecule has 0 radical (unpaired) electrons. The number of carbonyl (C=O) groups is 1. The summed E-state index contributed by atoms with van der Waals surface area (Å²) >= 11 is 5.81. The molecule has 0 bridgehead atoms. The normalized spacial score (nSPS) is 12.5. The molecule has 2 aromatic rings. The Morgan fingerprint density at radius 3 is 2.40 bits per heavy atom. The number of halogens is 1. The number of hydrogen-bond acceptors (Lipinski definition) is 5. The lowest BCUT2D eigenvalue weighted by Gasteiger charge is -2.15. The Labute approximate surface area is 148 Å². The Morgan fingerprint density at radius 1 is 1.24 bits per heavy atom. The Balaban J connectivity index is 2.28. The maximum Gasteiger partial charge on any atom is 0.322 e. The number of benzene rings is 2. The number of nitro groups is 1. The van der Waals surface area contributed by atoms with Crippen LogP contribution in [0.25, 0.3) is 0 Å². The lowest BCUT2D eigenvalue weighted by atomic mass is 10.1. The first-order valence-electron chi connectivity index (χ1n) is 6.93. The molecule has 0 aliphatic heterocycles. The summed E-state index contributed by atoms with van der Waals surface area (Å²) in [5.41, 5.74) is 0.260. The minimum absolute atomic E-state index is 0.0694. The number of aliphatic carboxylic acids is 1. The average Bonchev–Trinajstić information content (AvgIpc) is 2.54. The zero-order chi connectivity index (χ0) is 18.6. The fourth-order valence-corrected chi connectivity index (χ4v) is 3.83. The smallest absolute Gasteiger partial charge is 0.322 e. The highest BCUT2D eigenvalue weighted by Gasteiger charge is 2.28. The number of hydrogen-bond donors (Lipinski definition) is 2. The van der Waals surface area contributed by atoms with E-state index in [0.29, 0.717) is 5.56 Å². The Bertz CT molecular complexity index is 901. The first-order chi connectivity index (χ1) is 11.7. The lowest BCUT2D eigenvalue weighted by Crippen LogP contribution is -2.42. The van der Waals surface area contributed by atoms with Crippen LogP contribution in [0.2, 0.25) is 5.02 Å². The molecule has 0 fully saturated rings. The number of nitrogens with zero attached hydrogens (tertiary/aromatic N) is 1. The van der Waals surface area contributed by atoms with Gasteiger partial charge in [0, 0.05) is 12.1 Å². The van der Waals surface area contributed by atoms with Crippen molar-refractivity contribution >= 4 is 33.3 Å². The van der Waals surface area contributed by atoms with E-state index in [1.54, 1.807) is 30.3 Å². The van der Waals surface area contributed by atoms with Gasteiger partial charge >= 0.3 is 5.97 Å². The molecule has 0 aromatic heterocycles. The quantitative estimate of drug-likeness (QED) is 0.556. The van der Waals surface area contributed by atoms with Gasteiger partial charge in [-0.25, -0.2) is 8.42 Å². The summed E-state index contributed by atoms with van der Waals surface area (Å²) in [4.78, 5) is 20.9. The molecule has 10 heteroatoms. The fourth-order valence-electron chi connectivity index (χ4n) is 2.10. The second-order valence-electron chi connectivity index (χ2n) is 5.07. The molecular formula is C15H13ClN2O6S. The third kappa shape index (κ3) is 4.75. The molecule has 0 aliphatic rings. The van der Waals surface area contributed by atoms with Crippen LogP contribution >= 0.6 is 11.6 Å².